The van der Waals surface area contributed by atoms with Crippen LogP contribution in [0.25, 0.3) is 10.8 Å². The van der Waals surface area contributed by atoms with Crippen LogP contribution >= 0.6 is 0 Å². The number of aromatic hydroxyl groups is 1. The van der Waals surface area contributed by atoms with Crippen molar-refractivity contribution in [3.05, 3.63) is 60.3 Å². The third-order valence-electron chi connectivity index (χ3n) is 6.73. The highest BCUT2D eigenvalue weighted by Gasteiger charge is 2.04. The number of phenolic OH excluding ortho intramolecular Hbond substituents is 1. The maximum absolute atomic E-state index is 10.3. The van der Waals surface area contributed by atoms with Gasteiger partial charge in [-0.25, -0.2) is 4.98 Å². The van der Waals surface area contributed by atoms with Crippen LogP contribution in [0.15, 0.2) is 65.0 Å². The van der Waals surface area contributed by atoms with Crippen molar-refractivity contribution in [3.63, 3.8) is 0 Å². The van der Waals surface area contributed by atoms with Gasteiger partial charge in [0.05, 0.1) is 0 Å². The zero-order valence-electron chi connectivity index (χ0n) is 21.6. The zero-order chi connectivity index (χ0) is 24.6. The lowest BCUT2D eigenvalue weighted by Crippen LogP contribution is -1.87. The number of unbranched alkanes of at least 4 members (excludes halogenated alkanes) is 13. The van der Waals surface area contributed by atoms with E-state index in [-0.39, 0.29) is 5.75 Å². The predicted molar refractivity (Wildman–Crippen MR) is 148 cm³/mol. The van der Waals surface area contributed by atoms with E-state index in [1.54, 1.807) is 12.3 Å². The summed E-state index contributed by atoms with van der Waals surface area (Å²) in [5.74, 6) is 0.714. The monoisotopic (exact) mass is 473 g/mol. The summed E-state index contributed by atoms with van der Waals surface area (Å²) in [7, 11) is 0. The number of hydrogen-bond acceptors (Lipinski definition) is 4. The van der Waals surface area contributed by atoms with Gasteiger partial charge in [0.2, 0.25) is 0 Å². The molecule has 0 bridgehead atoms. The highest BCUT2D eigenvalue weighted by molar-refractivity contribution is 5.87. The molecule has 0 saturated heterocycles. The molecule has 0 atom stereocenters. The molecule has 3 aromatic rings. The zero-order valence-corrected chi connectivity index (χ0v) is 21.6. The Balaban J connectivity index is 1.29. The van der Waals surface area contributed by atoms with E-state index in [1.165, 1.54) is 95.5 Å². The molecule has 0 aliphatic rings. The van der Waals surface area contributed by atoms with Gasteiger partial charge in [0.15, 0.2) is 5.82 Å². The van der Waals surface area contributed by atoms with Gasteiger partial charge in [-0.3, -0.25) is 0 Å². The van der Waals surface area contributed by atoms with E-state index in [1.807, 2.05) is 36.4 Å². The minimum atomic E-state index is 0.131. The first kappa shape index (κ1) is 26.8. The smallest absolute Gasteiger partial charge is 0.174 e. The molecular weight excluding hydrogens is 430 g/mol. The average molecular weight is 474 g/mol. The van der Waals surface area contributed by atoms with Crippen LogP contribution in [0.2, 0.25) is 0 Å². The van der Waals surface area contributed by atoms with Gasteiger partial charge in [-0.1, -0.05) is 115 Å². The Hall–Kier alpha value is -2.75. The van der Waals surface area contributed by atoms with Crippen molar-refractivity contribution >= 4 is 22.3 Å². The van der Waals surface area contributed by atoms with Crippen LogP contribution in [0.4, 0.5) is 11.5 Å². The largest absolute Gasteiger partial charge is 0.506 e. The first-order valence-corrected chi connectivity index (χ1v) is 13.8. The average Bonchev–Trinajstić information content (AvgIpc) is 2.88. The first-order valence-electron chi connectivity index (χ1n) is 13.8. The van der Waals surface area contributed by atoms with E-state index in [0.29, 0.717) is 11.5 Å². The topological polar surface area (TPSA) is 57.8 Å². The summed E-state index contributed by atoms with van der Waals surface area (Å²) >= 11 is 0. The van der Waals surface area contributed by atoms with Crippen LogP contribution in [0.3, 0.4) is 0 Å². The van der Waals surface area contributed by atoms with Crippen molar-refractivity contribution in [2.24, 2.45) is 10.2 Å². The molecule has 0 amide bonds. The number of azo groups is 1. The fraction of sp³-hybridized carbons (Fsp3) is 0.516. The highest BCUT2D eigenvalue weighted by atomic mass is 16.3. The van der Waals surface area contributed by atoms with Gasteiger partial charge in [0.1, 0.15) is 11.4 Å². The number of nitrogens with zero attached hydrogens (tertiary/aromatic N) is 3. The van der Waals surface area contributed by atoms with Crippen LogP contribution < -0.4 is 0 Å². The summed E-state index contributed by atoms with van der Waals surface area (Å²) in [4.78, 5) is 4.32. The van der Waals surface area contributed by atoms with Crippen LogP contribution in [-0.4, -0.2) is 10.1 Å². The van der Waals surface area contributed by atoms with Gasteiger partial charge in [-0.15, -0.1) is 10.2 Å². The van der Waals surface area contributed by atoms with Crippen LogP contribution in [-0.2, 0) is 6.42 Å². The molecule has 0 fully saturated rings. The molecule has 35 heavy (non-hydrogen) atoms. The summed E-state index contributed by atoms with van der Waals surface area (Å²) in [6.07, 6.45) is 22.1. The second-order valence-corrected chi connectivity index (χ2v) is 9.76. The maximum Gasteiger partial charge on any atom is 0.174 e. The number of aromatic nitrogens is 1. The van der Waals surface area contributed by atoms with Crippen molar-refractivity contribution in [1.82, 2.24) is 4.98 Å². The van der Waals surface area contributed by atoms with Gasteiger partial charge in [-0.05, 0) is 53.4 Å². The fourth-order valence-corrected chi connectivity index (χ4v) is 4.60. The Morgan fingerprint density at radius 2 is 1.23 bits per heavy atom. The van der Waals surface area contributed by atoms with Crippen molar-refractivity contribution in [1.29, 1.82) is 0 Å². The van der Waals surface area contributed by atoms with Gasteiger partial charge >= 0.3 is 0 Å². The number of pyridine rings is 1. The minimum Gasteiger partial charge on any atom is -0.506 e. The molecule has 0 saturated carbocycles. The van der Waals surface area contributed by atoms with Gasteiger partial charge < -0.3 is 5.11 Å². The van der Waals surface area contributed by atoms with Crippen LogP contribution in [0.1, 0.15) is 102 Å². The number of aryl methyl sites for hydroxylation is 1. The van der Waals surface area contributed by atoms with E-state index >= 15 is 0 Å². The summed E-state index contributed by atoms with van der Waals surface area (Å²) in [6, 6.07) is 15.6. The van der Waals surface area contributed by atoms with Gasteiger partial charge in [-0.2, -0.15) is 0 Å². The fourth-order valence-electron chi connectivity index (χ4n) is 4.60. The Morgan fingerprint density at radius 3 is 1.86 bits per heavy atom. The van der Waals surface area contributed by atoms with Gasteiger partial charge in [0, 0.05) is 6.20 Å². The summed E-state index contributed by atoms with van der Waals surface area (Å²) in [5.41, 5.74) is 1.71. The first-order chi connectivity index (χ1) is 17.3. The normalized spacial score (nSPS) is 11.6. The number of fused-ring (bicyclic) bond motifs is 1. The van der Waals surface area contributed by atoms with Gasteiger partial charge in [0.25, 0.3) is 0 Å². The maximum atomic E-state index is 10.3. The molecule has 1 aromatic heterocycles. The Labute approximate surface area is 211 Å². The van der Waals surface area contributed by atoms with Crippen molar-refractivity contribution in [3.8, 4) is 5.75 Å². The Kier molecular flexibility index (Phi) is 12.3. The molecule has 0 radical (unpaired) electrons. The molecule has 3 rings (SSSR count). The van der Waals surface area contributed by atoms with E-state index < -0.39 is 0 Å². The number of benzene rings is 2. The summed E-state index contributed by atoms with van der Waals surface area (Å²) in [5, 5.41) is 20.8. The molecule has 1 N–H and O–H groups in total. The van der Waals surface area contributed by atoms with E-state index in [9.17, 15) is 5.11 Å². The molecule has 0 aliphatic carbocycles. The Morgan fingerprint density at radius 1 is 0.657 bits per heavy atom. The minimum absolute atomic E-state index is 0.131. The van der Waals surface area contributed by atoms with E-state index in [0.717, 1.165) is 17.2 Å². The third kappa shape index (κ3) is 10.2. The second-order valence-electron chi connectivity index (χ2n) is 9.76. The molecule has 188 valence electrons. The van der Waals surface area contributed by atoms with E-state index in [2.05, 4.69) is 28.2 Å². The lowest BCUT2D eigenvalue weighted by Gasteiger charge is -2.04. The number of hydrogen-bond donors (Lipinski definition) is 1. The number of rotatable bonds is 17. The molecule has 0 unspecified atom stereocenters. The Bertz CT molecular complexity index is 1030. The standard InChI is InChI=1S/C31H43N3O/c1-2-3-4-5-6-7-8-9-10-11-12-13-14-15-18-26-21-22-32-31(23-26)34-33-29-24-27-19-16-17-20-28(27)25-30(29)35/h16-17,19-25,35H,2-15,18H2,1H3. The quantitative estimate of drug-likeness (QED) is 0.156. The summed E-state index contributed by atoms with van der Waals surface area (Å²) < 4.78 is 0. The predicted octanol–water partition coefficient (Wildman–Crippen LogP) is 10.4. The van der Waals surface area contributed by atoms with Crippen LogP contribution in [0.5, 0.6) is 5.75 Å². The van der Waals surface area contributed by atoms with Crippen molar-refractivity contribution in [2.75, 3.05) is 0 Å². The highest BCUT2D eigenvalue weighted by Crippen LogP contribution is 2.32. The number of phenols is 1. The molecule has 0 spiro atoms. The van der Waals surface area contributed by atoms with Crippen LogP contribution in [0, 0.1) is 0 Å². The molecule has 2 aromatic carbocycles. The molecule has 0 aliphatic heterocycles. The molecular formula is C31H43N3O. The SMILES string of the molecule is CCCCCCCCCCCCCCCCc1ccnc(N=Nc2cc3ccccc3cc2O)c1. The molecule has 1 heterocycles. The summed E-state index contributed by atoms with van der Waals surface area (Å²) in [6.45, 7) is 2.28. The van der Waals surface area contributed by atoms with Crippen molar-refractivity contribution < 1.29 is 5.11 Å². The molecule has 4 heteroatoms. The molecule has 4 nitrogen and oxygen atoms in total. The second kappa shape index (κ2) is 16.0. The third-order valence-corrected chi connectivity index (χ3v) is 6.73. The lowest BCUT2D eigenvalue weighted by atomic mass is 10.0. The lowest BCUT2D eigenvalue weighted by molar-refractivity contribution is 0.477. The van der Waals surface area contributed by atoms with E-state index in [4.69, 9.17) is 0 Å². The van der Waals surface area contributed by atoms with Crippen molar-refractivity contribution in [2.45, 2.75) is 103 Å².